The fraction of sp³-hybridized carbons (Fsp3) is 0.292. The maximum Gasteiger partial charge on any atom is 0.123 e. The van der Waals surface area contributed by atoms with Gasteiger partial charge in [-0.1, -0.05) is 42.5 Å². The van der Waals surface area contributed by atoms with Crippen molar-refractivity contribution in [2.75, 3.05) is 20.2 Å². The molecule has 2 aliphatic rings. The van der Waals surface area contributed by atoms with Crippen molar-refractivity contribution in [2.45, 2.75) is 24.5 Å². The molecular formula is C24H25N3O. The van der Waals surface area contributed by atoms with Crippen molar-refractivity contribution in [3.8, 4) is 16.9 Å². The Morgan fingerprint density at radius 3 is 2.32 bits per heavy atom. The van der Waals surface area contributed by atoms with Gasteiger partial charge in [-0.2, -0.15) is 0 Å². The molecule has 2 fully saturated rings. The summed E-state index contributed by atoms with van der Waals surface area (Å²) >= 11 is 0. The van der Waals surface area contributed by atoms with E-state index in [0.717, 1.165) is 25.4 Å². The smallest absolute Gasteiger partial charge is 0.123 e. The lowest BCUT2D eigenvalue weighted by Crippen LogP contribution is -2.72. The van der Waals surface area contributed by atoms with Gasteiger partial charge in [0.25, 0.3) is 0 Å². The number of rotatable bonds is 5. The maximum absolute atomic E-state index is 5.56. The highest BCUT2D eigenvalue weighted by Crippen LogP contribution is 2.44. The predicted molar refractivity (Wildman–Crippen MR) is 111 cm³/mol. The molecule has 0 spiro atoms. The normalized spacial score (nSPS) is 23.8. The van der Waals surface area contributed by atoms with Gasteiger partial charge < -0.3 is 10.1 Å². The van der Waals surface area contributed by atoms with E-state index in [1.165, 1.54) is 22.3 Å². The quantitative estimate of drug-likeness (QED) is 0.742. The molecule has 0 saturated carbocycles. The van der Waals surface area contributed by atoms with Gasteiger partial charge in [0.05, 0.1) is 7.11 Å². The second-order valence-corrected chi connectivity index (χ2v) is 7.66. The molecule has 0 aliphatic carbocycles. The molecule has 3 aromatic rings. The first-order valence-electron chi connectivity index (χ1n) is 9.94. The molecule has 28 heavy (non-hydrogen) atoms. The van der Waals surface area contributed by atoms with Crippen LogP contribution in [-0.2, 0) is 6.54 Å². The Balaban J connectivity index is 1.35. The number of para-hydroxylation sites is 1. The summed E-state index contributed by atoms with van der Waals surface area (Å²) in [6.07, 6.45) is 3.70. The maximum atomic E-state index is 5.56. The molecule has 2 aromatic carbocycles. The molecule has 0 radical (unpaired) electrons. The Morgan fingerprint density at radius 2 is 1.61 bits per heavy atom. The first kappa shape index (κ1) is 17.4. The van der Waals surface area contributed by atoms with Crippen molar-refractivity contribution in [2.24, 2.45) is 0 Å². The second-order valence-electron chi connectivity index (χ2n) is 7.66. The number of piperazine rings is 1. The summed E-state index contributed by atoms with van der Waals surface area (Å²) in [6.45, 7) is 3.04. The number of hydrogen-bond donors (Lipinski definition) is 1. The van der Waals surface area contributed by atoms with Crippen molar-refractivity contribution in [1.82, 2.24) is 15.2 Å². The van der Waals surface area contributed by atoms with Gasteiger partial charge in [-0.3, -0.25) is 9.88 Å². The number of fused-ring (bicyclic) bond motifs is 2. The number of aromatic nitrogens is 1. The van der Waals surface area contributed by atoms with Gasteiger partial charge in [-0.25, -0.2) is 0 Å². The highest BCUT2D eigenvalue weighted by Gasteiger charge is 2.51. The van der Waals surface area contributed by atoms with Crippen LogP contribution in [0.5, 0.6) is 5.75 Å². The van der Waals surface area contributed by atoms with Crippen LogP contribution in [0.2, 0.25) is 0 Å². The van der Waals surface area contributed by atoms with Gasteiger partial charge in [0.1, 0.15) is 5.75 Å². The Labute approximate surface area is 166 Å². The Morgan fingerprint density at radius 1 is 0.929 bits per heavy atom. The lowest BCUT2D eigenvalue weighted by atomic mass is 9.72. The van der Waals surface area contributed by atoms with E-state index in [2.05, 4.69) is 69.8 Å². The summed E-state index contributed by atoms with van der Waals surface area (Å²) in [5.41, 5.74) is 5.19. The SMILES string of the molecule is COc1ccccc1CN1[C@@H]2CNC[C@H]1C2c1ccc(-c2ccncc2)cc1. The zero-order valence-corrected chi connectivity index (χ0v) is 16.1. The van der Waals surface area contributed by atoms with Crippen LogP contribution in [-0.4, -0.2) is 42.2 Å². The molecule has 0 amide bonds. The molecule has 3 atom stereocenters. The van der Waals surface area contributed by atoms with Crippen LogP contribution in [0.25, 0.3) is 11.1 Å². The number of nitrogens with one attached hydrogen (secondary N) is 1. The van der Waals surface area contributed by atoms with E-state index in [1.807, 2.05) is 18.5 Å². The number of pyridine rings is 1. The van der Waals surface area contributed by atoms with Gasteiger partial charge in [-0.05, 0) is 34.9 Å². The van der Waals surface area contributed by atoms with Gasteiger partial charge in [0, 0.05) is 55.6 Å². The predicted octanol–water partition coefficient (Wildman–Crippen LogP) is 3.70. The number of nitrogens with zero attached hydrogens (tertiary/aromatic N) is 2. The third kappa shape index (κ3) is 2.99. The number of benzene rings is 2. The van der Waals surface area contributed by atoms with E-state index in [9.17, 15) is 0 Å². The summed E-state index contributed by atoms with van der Waals surface area (Å²) < 4.78 is 5.56. The van der Waals surface area contributed by atoms with E-state index in [1.54, 1.807) is 7.11 Å². The van der Waals surface area contributed by atoms with Crippen molar-refractivity contribution >= 4 is 0 Å². The molecule has 1 unspecified atom stereocenters. The lowest BCUT2D eigenvalue weighted by Gasteiger charge is -2.59. The fourth-order valence-electron chi connectivity index (χ4n) is 4.83. The summed E-state index contributed by atoms with van der Waals surface area (Å²) in [7, 11) is 1.75. The zero-order chi connectivity index (χ0) is 18.9. The van der Waals surface area contributed by atoms with Crippen LogP contribution in [0.3, 0.4) is 0 Å². The largest absolute Gasteiger partial charge is 0.496 e. The molecule has 4 nitrogen and oxygen atoms in total. The average molecular weight is 371 g/mol. The van der Waals surface area contributed by atoms with E-state index >= 15 is 0 Å². The van der Waals surface area contributed by atoms with Crippen LogP contribution in [0, 0.1) is 0 Å². The number of piperidine rings is 1. The lowest BCUT2D eigenvalue weighted by molar-refractivity contribution is -0.0487. The summed E-state index contributed by atoms with van der Waals surface area (Å²) in [5.74, 6) is 1.58. The minimum atomic E-state index is 0.537. The van der Waals surface area contributed by atoms with Crippen LogP contribution in [0.1, 0.15) is 17.0 Å². The topological polar surface area (TPSA) is 37.4 Å². The molecule has 2 aliphatic heterocycles. The molecule has 3 heterocycles. The molecule has 2 bridgehead atoms. The van der Waals surface area contributed by atoms with Gasteiger partial charge in [0.2, 0.25) is 0 Å². The molecule has 2 saturated heterocycles. The van der Waals surface area contributed by atoms with E-state index in [4.69, 9.17) is 4.74 Å². The van der Waals surface area contributed by atoms with Crippen LogP contribution in [0.15, 0.2) is 73.1 Å². The van der Waals surface area contributed by atoms with Crippen LogP contribution in [0.4, 0.5) is 0 Å². The molecular weight excluding hydrogens is 346 g/mol. The van der Waals surface area contributed by atoms with Crippen molar-refractivity contribution in [3.63, 3.8) is 0 Å². The standard InChI is InChI=1S/C24H25N3O/c1-28-23-5-3-2-4-20(23)16-27-21-14-26-15-22(27)24(21)19-8-6-17(7-9-19)18-10-12-25-13-11-18/h2-13,21-22,24,26H,14-16H2,1H3/t21-,22+,24?. The minimum absolute atomic E-state index is 0.537. The molecule has 142 valence electrons. The van der Waals surface area contributed by atoms with Crippen molar-refractivity contribution in [3.05, 3.63) is 84.2 Å². The molecule has 1 aromatic heterocycles. The first-order chi connectivity index (χ1) is 13.8. The van der Waals surface area contributed by atoms with Crippen LogP contribution < -0.4 is 10.1 Å². The number of ether oxygens (including phenoxy) is 1. The molecule has 4 heteroatoms. The van der Waals surface area contributed by atoms with Crippen molar-refractivity contribution < 1.29 is 4.74 Å². The average Bonchev–Trinajstić information content (AvgIpc) is 2.78. The minimum Gasteiger partial charge on any atom is -0.496 e. The third-order valence-corrected chi connectivity index (χ3v) is 6.24. The van der Waals surface area contributed by atoms with E-state index in [0.29, 0.717) is 18.0 Å². The van der Waals surface area contributed by atoms with E-state index in [-0.39, 0.29) is 0 Å². The Hall–Kier alpha value is -2.69. The Kier molecular flexibility index (Phi) is 4.59. The second kappa shape index (κ2) is 7.38. The molecule has 1 N–H and O–H groups in total. The van der Waals surface area contributed by atoms with Gasteiger partial charge in [0.15, 0.2) is 0 Å². The fourth-order valence-corrected chi connectivity index (χ4v) is 4.83. The summed E-state index contributed by atoms with van der Waals surface area (Å²) in [4.78, 5) is 6.75. The first-order valence-corrected chi connectivity index (χ1v) is 9.94. The van der Waals surface area contributed by atoms with Gasteiger partial charge >= 0.3 is 0 Å². The molecule has 5 rings (SSSR count). The summed E-state index contributed by atoms with van der Waals surface area (Å²) in [5, 5.41) is 3.59. The monoisotopic (exact) mass is 371 g/mol. The van der Waals surface area contributed by atoms with E-state index < -0.39 is 0 Å². The zero-order valence-electron chi connectivity index (χ0n) is 16.1. The highest BCUT2D eigenvalue weighted by atomic mass is 16.5. The summed E-state index contributed by atoms with van der Waals surface area (Å²) in [6, 6.07) is 22.7. The van der Waals surface area contributed by atoms with Gasteiger partial charge in [-0.15, -0.1) is 0 Å². The van der Waals surface area contributed by atoms with Crippen molar-refractivity contribution in [1.29, 1.82) is 0 Å². The number of hydrogen-bond acceptors (Lipinski definition) is 4. The van der Waals surface area contributed by atoms with Crippen LogP contribution >= 0.6 is 0 Å². The Bertz CT molecular complexity index is 930. The third-order valence-electron chi connectivity index (χ3n) is 6.24. The number of methoxy groups -OCH3 is 1. The highest BCUT2D eigenvalue weighted by molar-refractivity contribution is 5.63.